The molecule has 2 bridgehead atoms. The Hall–Kier alpha value is -5.68. The number of benzene rings is 5. The van der Waals surface area contributed by atoms with Crippen molar-refractivity contribution in [1.29, 1.82) is 0 Å². The zero-order chi connectivity index (χ0) is 47.4. The normalized spacial score (nSPS) is 20.5. The second-order valence-electron chi connectivity index (χ2n) is 17.0. The van der Waals surface area contributed by atoms with E-state index in [0.717, 1.165) is 48.2 Å². The lowest BCUT2D eigenvalue weighted by molar-refractivity contribution is -0.201. The monoisotopic (exact) mass is 982 g/mol. The lowest BCUT2D eigenvalue weighted by Crippen LogP contribution is -2.49. The Balaban J connectivity index is 1.04. The Kier molecular flexibility index (Phi) is 14.1. The molecule has 0 saturated carbocycles. The third kappa shape index (κ3) is 9.40. The van der Waals surface area contributed by atoms with E-state index in [9.17, 15) is 9.59 Å². The third-order valence-corrected chi connectivity index (χ3v) is 17.2. The van der Waals surface area contributed by atoms with Crippen molar-refractivity contribution in [3.8, 4) is 11.5 Å². The number of rotatable bonds is 19. The number of ether oxygens (including phenoxy) is 5. The molecule has 69 heavy (non-hydrogen) atoms. The second-order valence-corrected chi connectivity index (χ2v) is 21.0. The topological polar surface area (TPSA) is 148 Å². The molecule has 3 fully saturated rings. The number of hydrogen-bond acceptors (Lipinski definition) is 13. The van der Waals surface area contributed by atoms with E-state index in [1.54, 1.807) is 56.2 Å². The molecule has 0 spiro atoms. The van der Waals surface area contributed by atoms with Gasteiger partial charge in [0.2, 0.25) is 5.12 Å². The predicted molar refractivity (Wildman–Crippen MR) is 269 cm³/mol. The molecule has 0 radical (unpaired) electrons. The van der Waals surface area contributed by atoms with E-state index in [-0.39, 0.29) is 30.1 Å². The summed E-state index contributed by atoms with van der Waals surface area (Å²) in [7, 11) is 2.04. The standard InChI is InChI=1S/C52H51N6O8PS2/c1-61-40-23-19-38(20-24-40)52(37-16-7-4-8-17-37,39-21-25-41(62-2)26-22-39)64-32-51-31-63-44(45(51)66-67(57-28-11-12-29-57)69-30-27-35-13-9-10-18-42(35)50(60)68)49(65-51)58-34-55-43-46(53-33-54-47(43)58)56-48(59)36-14-5-3-6-15-36/h3-10,13-26,33-34,44-45,49H,11-12,27-32H2,1-2H3,(H,60,68)(H,53,54,56,59)/t44-,45+,49-,51-,67?/m1/s1. The van der Waals surface area contributed by atoms with E-state index in [0.29, 0.717) is 46.0 Å². The summed E-state index contributed by atoms with van der Waals surface area (Å²) in [6.45, 7) is 2.01. The molecule has 3 aliphatic heterocycles. The molecule has 1 N–H and O–H groups in total. The third-order valence-electron chi connectivity index (χ3n) is 12.9. The van der Waals surface area contributed by atoms with Gasteiger partial charge in [-0.25, -0.2) is 15.0 Å². The van der Waals surface area contributed by atoms with Gasteiger partial charge in [0, 0.05) is 30.0 Å². The Morgan fingerprint density at radius 3 is 2.13 bits per heavy atom. The van der Waals surface area contributed by atoms with Crippen molar-refractivity contribution in [3.63, 3.8) is 0 Å². The molecule has 5 aromatic carbocycles. The van der Waals surface area contributed by atoms with Crippen molar-refractivity contribution in [2.45, 2.75) is 48.9 Å². The molecule has 5 heterocycles. The fraction of sp³-hybridized carbons (Fsp3) is 0.288. The van der Waals surface area contributed by atoms with Gasteiger partial charge in [-0.05, 0) is 77.9 Å². The number of nitrogens with zero attached hydrogens (tertiary/aromatic N) is 5. The fourth-order valence-corrected chi connectivity index (χ4v) is 13.7. The second kappa shape index (κ2) is 20.7. The fourth-order valence-electron chi connectivity index (χ4n) is 9.40. The van der Waals surface area contributed by atoms with Gasteiger partial charge in [0.25, 0.3) is 5.91 Å². The Morgan fingerprint density at radius 2 is 1.46 bits per heavy atom. The first-order valence-electron chi connectivity index (χ1n) is 22.8. The molecule has 1 unspecified atom stereocenters. The number of aryl methyl sites for hydroxylation is 1. The molecule has 3 aliphatic rings. The van der Waals surface area contributed by atoms with Gasteiger partial charge in [-0.2, -0.15) is 0 Å². The number of anilines is 1. The molecular weight excluding hydrogens is 932 g/mol. The number of imidazole rings is 1. The van der Waals surface area contributed by atoms with Gasteiger partial charge in [-0.3, -0.25) is 18.8 Å². The van der Waals surface area contributed by atoms with E-state index in [1.165, 1.54) is 6.33 Å². The predicted octanol–water partition coefficient (Wildman–Crippen LogP) is 9.52. The minimum absolute atomic E-state index is 0.0445. The number of carbonyl (C=O) groups excluding carboxylic acids is 2. The highest BCUT2D eigenvalue weighted by Crippen LogP contribution is 2.61. The molecule has 7 aromatic rings. The zero-order valence-corrected chi connectivity index (χ0v) is 40.7. The van der Waals surface area contributed by atoms with E-state index in [1.807, 2.05) is 102 Å². The minimum Gasteiger partial charge on any atom is -0.497 e. The van der Waals surface area contributed by atoms with Crippen LogP contribution in [0.5, 0.6) is 11.5 Å². The van der Waals surface area contributed by atoms with Crippen molar-refractivity contribution in [2.24, 2.45) is 0 Å². The number of aromatic nitrogens is 4. The number of amides is 1. The molecule has 354 valence electrons. The van der Waals surface area contributed by atoms with Crippen LogP contribution >= 0.6 is 31.5 Å². The maximum Gasteiger partial charge on any atom is 0.256 e. The molecule has 5 atom stereocenters. The molecule has 0 aliphatic carbocycles. The first-order chi connectivity index (χ1) is 33.8. The Morgan fingerprint density at radius 1 is 0.826 bits per heavy atom. The molecule has 3 saturated heterocycles. The van der Waals surface area contributed by atoms with Crippen LogP contribution in [-0.2, 0) is 30.8 Å². The minimum atomic E-state index is -1.26. The van der Waals surface area contributed by atoms with Crippen LogP contribution in [0.4, 0.5) is 5.82 Å². The summed E-state index contributed by atoms with van der Waals surface area (Å²) in [4.78, 5) is 39.6. The van der Waals surface area contributed by atoms with Crippen molar-refractivity contribution in [1.82, 2.24) is 24.2 Å². The lowest BCUT2D eigenvalue weighted by atomic mass is 9.79. The first kappa shape index (κ1) is 47.0. The average Bonchev–Trinajstić information content (AvgIpc) is 4.22. The molecule has 2 aromatic heterocycles. The Bertz CT molecular complexity index is 2850. The van der Waals surface area contributed by atoms with Crippen molar-refractivity contribution in [2.75, 3.05) is 51.6 Å². The van der Waals surface area contributed by atoms with Crippen LogP contribution in [0.3, 0.4) is 0 Å². The van der Waals surface area contributed by atoms with Crippen LogP contribution in [0, 0.1) is 0 Å². The highest BCUT2D eigenvalue weighted by atomic mass is 32.7. The molecule has 14 nitrogen and oxygen atoms in total. The summed E-state index contributed by atoms with van der Waals surface area (Å²) in [6, 6.07) is 42.6. The summed E-state index contributed by atoms with van der Waals surface area (Å²) in [5.41, 5.74) is 3.22. The Labute approximate surface area is 411 Å². The van der Waals surface area contributed by atoms with E-state index in [4.69, 9.17) is 33.2 Å². The maximum atomic E-state index is 13.3. The van der Waals surface area contributed by atoms with Gasteiger partial charge >= 0.3 is 0 Å². The van der Waals surface area contributed by atoms with Gasteiger partial charge in [-0.1, -0.05) is 108 Å². The highest BCUT2D eigenvalue weighted by molar-refractivity contribution is 8.53. The number of thiol groups is 1. The number of methoxy groups -OCH3 is 2. The van der Waals surface area contributed by atoms with Crippen LogP contribution in [0.1, 0.15) is 62.0 Å². The van der Waals surface area contributed by atoms with Crippen LogP contribution in [-0.4, -0.2) is 99.3 Å². The van der Waals surface area contributed by atoms with E-state index in [2.05, 4.69) is 44.7 Å². The largest absolute Gasteiger partial charge is 0.497 e. The molecular formula is C52H51N6O8PS2. The van der Waals surface area contributed by atoms with Crippen molar-refractivity contribution >= 4 is 59.5 Å². The average molecular weight is 983 g/mol. The summed E-state index contributed by atoms with van der Waals surface area (Å²) in [6.07, 6.45) is 3.84. The summed E-state index contributed by atoms with van der Waals surface area (Å²) in [5, 5.41) is 2.67. The number of nitrogens with one attached hydrogen (secondary N) is 1. The highest BCUT2D eigenvalue weighted by Gasteiger charge is 2.65. The maximum absolute atomic E-state index is 13.3. The molecule has 1 amide bonds. The van der Waals surface area contributed by atoms with Gasteiger partial charge in [0.1, 0.15) is 41.2 Å². The van der Waals surface area contributed by atoms with E-state index < -0.39 is 37.1 Å². The molecule has 17 heteroatoms. The SMILES string of the molecule is COc1ccc(C(OC[C@@]23CO[C@@H]([C@H](n4cnc5c(NC(=O)c6ccccc6)ncnc54)O2)[C@@H]3OP(SCCc2ccccc2C(=O)S)N2CCCC2)(c2ccccc2)c2ccc(OC)cc2)cc1. The summed E-state index contributed by atoms with van der Waals surface area (Å²) >= 11 is 5.92. The quantitative estimate of drug-likeness (QED) is 0.0451. The van der Waals surface area contributed by atoms with Gasteiger partial charge < -0.3 is 33.5 Å². The smallest absolute Gasteiger partial charge is 0.256 e. The van der Waals surface area contributed by atoms with Gasteiger partial charge in [0.15, 0.2) is 30.7 Å². The van der Waals surface area contributed by atoms with Crippen LogP contribution in [0.2, 0.25) is 0 Å². The lowest BCUT2D eigenvalue weighted by Gasteiger charge is -2.40. The van der Waals surface area contributed by atoms with Gasteiger partial charge in [0.05, 0.1) is 33.8 Å². The zero-order valence-electron chi connectivity index (χ0n) is 38.1. The number of carbonyl (C=O) groups is 2. The van der Waals surface area contributed by atoms with E-state index >= 15 is 0 Å². The summed E-state index contributed by atoms with van der Waals surface area (Å²) in [5.74, 6) is 2.08. The van der Waals surface area contributed by atoms with Crippen molar-refractivity contribution in [3.05, 3.63) is 179 Å². The van der Waals surface area contributed by atoms with Gasteiger partial charge in [-0.15, -0.1) is 12.6 Å². The van der Waals surface area contributed by atoms with Crippen LogP contribution in [0.25, 0.3) is 11.2 Å². The first-order valence-corrected chi connectivity index (χ1v) is 26.0. The van der Waals surface area contributed by atoms with Crippen LogP contribution in [0.15, 0.2) is 146 Å². The summed E-state index contributed by atoms with van der Waals surface area (Å²) < 4.78 is 44.8. The van der Waals surface area contributed by atoms with Crippen LogP contribution < -0.4 is 14.8 Å². The molecule has 10 rings (SSSR count). The number of hydrogen-bond donors (Lipinski definition) is 2. The number of fused-ring (bicyclic) bond motifs is 3. The van der Waals surface area contributed by atoms with Crippen molar-refractivity contribution < 1.29 is 37.8 Å².